The van der Waals surface area contributed by atoms with Gasteiger partial charge in [0, 0.05) is 28.3 Å². The fourth-order valence-electron chi connectivity index (χ4n) is 2.02. The summed E-state index contributed by atoms with van der Waals surface area (Å²) in [6.07, 6.45) is 4.43. The van der Waals surface area contributed by atoms with Crippen molar-refractivity contribution in [1.29, 1.82) is 0 Å². The molecule has 110 valence electrons. The highest BCUT2D eigenvalue weighted by Gasteiger charge is 2.12. The summed E-state index contributed by atoms with van der Waals surface area (Å²) in [5.41, 5.74) is 16.6. The van der Waals surface area contributed by atoms with Crippen molar-refractivity contribution in [2.45, 2.75) is 6.42 Å². The van der Waals surface area contributed by atoms with Crippen LogP contribution in [0.25, 0.3) is 16.5 Å². The van der Waals surface area contributed by atoms with E-state index < -0.39 is 0 Å². The minimum Gasteiger partial charge on any atom is -0.398 e. The number of anilines is 1. The van der Waals surface area contributed by atoms with Gasteiger partial charge in [0.2, 0.25) is 0 Å². The van der Waals surface area contributed by atoms with Crippen LogP contribution < -0.4 is 5.73 Å². The second kappa shape index (κ2) is 7.67. The second-order valence-corrected chi connectivity index (χ2v) is 4.69. The van der Waals surface area contributed by atoms with Crippen LogP contribution in [0, 0.1) is 0 Å². The van der Waals surface area contributed by atoms with E-state index in [2.05, 4.69) is 10.0 Å². The summed E-state index contributed by atoms with van der Waals surface area (Å²) in [4.78, 5) is 15.2. The van der Waals surface area contributed by atoms with Crippen molar-refractivity contribution in [2.24, 2.45) is 5.11 Å². The minimum atomic E-state index is -0.0950. The molecular weight excluding hydrogens is 276 g/mol. The zero-order chi connectivity index (χ0) is 15.8. The van der Waals surface area contributed by atoms with Gasteiger partial charge in [-0.3, -0.25) is 4.79 Å². The molecule has 22 heavy (non-hydrogen) atoms. The van der Waals surface area contributed by atoms with Crippen LogP contribution in [0.15, 0.2) is 59.7 Å². The van der Waals surface area contributed by atoms with E-state index in [9.17, 15) is 4.79 Å². The first kappa shape index (κ1) is 15.4. The SMILES string of the molecule is [N-]=[N+]=NCCC=Cc1ccc(N)c(C(=O)c2ccccc2)c1. The van der Waals surface area contributed by atoms with E-state index >= 15 is 0 Å². The van der Waals surface area contributed by atoms with E-state index in [0.717, 1.165) is 5.56 Å². The van der Waals surface area contributed by atoms with Gasteiger partial charge in [0.25, 0.3) is 0 Å². The van der Waals surface area contributed by atoms with Gasteiger partial charge in [-0.2, -0.15) is 0 Å². The number of carbonyl (C=O) groups is 1. The van der Waals surface area contributed by atoms with Gasteiger partial charge in [0.15, 0.2) is 5.78 Å². The summed E-state index contributed by atoms with van der Waals surface area (Å²) in [7, 11) is 0. The van der Waals surface area contributed by atoms with Gasteiger partial charge >= 0.3 is 0 Å². The van der Waals surface area contributed by atoms with E-state index in [1.807, 2.05) is 36.4 Å². The Balaban J connectivity index is 2.20. The number of nitrogen functional groups attached to an aromatic ring is 1. The molecule has 2 N–H and O–H groups in total. The quantitative estimate of drug-likeness (QED) is 0.216. The fourth-order valence-corrected chi connectivity index (χ4v) is 2.02. The molecule has 0 fully saturated rings. The molecule has 0 heterocycles. The first-order chi connectivity index (χ1) is 10.7. The summed E-state index contributed by atoms with van der Waals surface area (Å²) < 4.78 is 0. The largest absolute Gasteiger partial charge is 0.398 e. The van der Waals surface area contributed by atoms with Crippen molar-refractivity contribution >= 4 is 17.5 Å². The molecule has 0 spiro atoms. The Morgan fingerprint density at radius 1 is 1.23 bits per heavy atom. The van der Waals surface area contributed by atoms with Crippen LogP contribution in [-0.4, -0.2) is 12.3 Å². The topological polar surface area (TPSA) is 91.8 Å². The lowest BCUT2D eigenvalue weighted by Crippen LogP contribution is -2.05. The molecule has 2 aromatic carbocycles. The second-order valence-electron chi connectivity index (χ2n) is 4.69. The minimum absolute atomic E-state index is 0.0950. The average molecular weight is 292 g/mol. The number of nitrogens with zero attached hydrogens (tertiary/aromatic N) is 3. The Morgan fingerprint density at radius 2 is 2.00 bits per heavy atom. The van der Waals surface area contributed by atoms with Gasteiger partial charge in [0.05, 0.1) is 0 Å². The lowest BCUT2D eigenvalue weighted by Gasteiger charge is -2.06. The van der Waals surface area contributed by atoms with Gasteiger partial charge in [-0.15, -0.1) is 0 Å². The molecular formula is C17H16N4O. The maximum atomic E-state index is 12.5. The fraction of sp³-hybridized carbons (Fsp3) is 0.118. The first-order valence-corrected chi connectivity index (χ1v) is 6.89. The number of benzene rings is 2. The van der Waals surface area contributed by atoms with Crippen LogP contribution in [0.2, 0.25) is 0 Å². The molecule has 0 aliphatic carbocycles. The Hall–Kier alpha value is -3.04. The lowest BCUT2D eigenvalue weighted by atomic mass is 9.99. The molecule has 2 rings (SSSR count). The van der Waals surface area contributed by atoms with Crippen LogP contribution in [0.1, 0.15) is 27.9 Å². The van der Waals surface area contributed by atoms with E-state index in [0.29, 0.717) is 29.8 Å². The van der Waals surface area contributed by atoms with Crippen molar-refractivity contribution in [3.63, 3.8) is 0 Å². The third-order valence-electron chi connectivity index (χ3n) is 3.13. The standard InChI is InChI=1S/C17H16N4O/c18-16-10-9-13(6-4-5-11-20-21-19)12-15(16)17(22)14-7-2-1-3-8-14/h1-4,6-10,12H,5,11,18H2. The van der Waals surface area contributed by atoms with Crippen molar-refractivity contribution in [3.8, 4) is 0 Å². The van der Waals surface area contributed by atoms with Gasteiger partial charge in [0.1, 0.15) is 0 Å². The molecule has 0 aliphatic rings. The molecule has 0 atom stereocenters. The lowest BCUT2D eigenvalue weighted by molar-refractivity contribution is 0.103. The van der Waals surface area contributed by atoms with E-state index in [1.165, 1.54) is 0 Å². The third kappa shape index (κ3) is 3.98. The Morgan fingerprint density at radius 3 is 2.73 bits per heavy atom. The molecule has 0 bridgehead atoms. The Labute approximate surface area is 128 Å². The summed E-state index contributed by atoms with van der Waals surface area (Å²) in [6.45, 7) is 0.414. The highest BCUT2D eigenvalue weighted by Crippen LogP contribution is 2.19. The normalized spacial score (nSPS) is 10.4. The van der Waals surface area contributed by atoms with Crippen LogP contribution >= 0.6 is 0 Å². The van der Waals surface area contributed by atoms with Gasteiger partial charge < -0.3 is 5.73 Å². The monoisotopic (exact) mass is 292 g/mol. The molecule has 5 nitrogen and oxygen atoms in total. The number of nitrogens with two attached hydrogens (primary N) is 1. The highest BCUT2D eigenvalue weighted by atomic mass is 16.1. The zero-order valence-corrected chi connectivity index (χ0v) is 12.0. The maximum Gasteiger partial charge on any atom is 0.195 e. The summed E-state index contributed by atoms with van der Waals surface area (Å²) in [5.74, 6) is -0.0950. The van der Waals surface area contributed by atoms with Gasteiger partial charge in [-0.1, -0.05) is 53.7 Å². The Bertz CT molecular complexity index is 732. The molecule has 0 unspecified atom stereocenters. The van der Waals surface area contributed by atoms with Gasteiger partial charge in [-0.25, -0.2) is 0 Å². The first-order valence-electron chi connectivity index (χ1n) is 6.89. The van der Waals surface area contributed by atoms with Crippen molar-refractivity contribution in [2.75, 3.05) is 12.3 Å². The molecule has 0 aliphatic heterocycles. The molecule has 0 aromatic heterocycles. The number of ketones is 1. The van der Waals surface area contributed by atoms with Crippen molar-refractivity contribution in [1.82, 2.24) is 0 Å². The number of carbonyl (C=O) groups excluding carboxylic acids is 1. The van der Waals surface area contributed by atoms with E-state index in [-0.39, 0.29) is 5.78 Å². The molecule has 0 amide bonds. The van der Waals surface area contributed by atoms with Crippen LogP contribution in [0.5, 0.6) is 0 Å². The van der Waals surface area contributed by atoms with Crippen molar-refractivity contribution in [3.05, 3.63) is 81.7 Å². The van der Waals surface area contributed by atoms with Crippen LogP contribution in [-0.2, 0) is 0 Å². The summed E-state index contributed by atoms with van der Waals surface area (Å²) >= 11 is 0. The van der Waals surface area contributed by atoms with E-state index in [4.69, 9.17) is 11.3 Å². The van der Waals surface area contributed by atoms with Gasteiger partial charge in [-0.05, 0) is 29.6 Å². The number of rotatable bonds is 6. The molecule has 0 saturated carbocycles. The van der Waals surface area contributed by atoms with Crippen LogP contribution in [0.4, 0.5) is 5.69 Å². The van der Waals surface area contributed by atoms with E-state index in [1.54, 1.807) is 24.3 Å². The van der Waals surface area contributed by atoms with Crippen molar-refractivity contribution < 1.29 is 4.79 Å². The number of hydrogen-bond donors (Lipinski definition) is 1. The highest BCUT2D eigenvalue weighted by molar-refractivity contribution is 6.12. The zero-order valence-electron chi connectivity index (χ0n) is 12.0. The molecule has 5 heteroatoms. The smallest absolute Gasteiger partial charge is 0.195 e. The molecule has 2 aromatic rings. The number of hydrogen-bond acceptors (Lipinski definition) is 3. The summed E-state index contributed by atoms with van der Waals surface area (Å²) in [6, 6.07) is 14.4. The average Bonchev–Trinajstić information content (AvgIpc) is 2.56. The van der Waals surface area contributed by atoms with Crippen LogP contribution in [0.3, 0.4) is 0 Å². The molecule has 0 radical (unpaired) electrons. The summed E-state index contributed by atoms with van der Waals surface area (Å²) in [5, 5.41) is 3.46. The third-order valence-corrected chi connectivity index (χ3v) is 3.13. The maximum absolute atomic E-state index is 12.5. The predicted octanol–water partition coefficient (Wildman–Crippen LogP) is 4.21. The number of azide groups is 1. The molecule has 0 saturated heterocycles. The predicted molar refractivity (Wildman–Crippen MR) is 88.4 cm³/mol. The Kier molecular flexibility index (Phi) is 5.35.